The Labute approximate surface area is 125 Å². The van der Waals surface area contributed by atoms with Crippen LogP contribution < -0.4 is 15.5 Å². The standard InChI is InChI=1S/C16H24FN3O/c1-12(2)10-18-11-13-9-14(17)3-4-15(13)20-7-5-16(21)19-6-8-20/h3-4,9,12,18H,5-8,10-11H2,1-2H3,(H,19,21). The van der Waals surface area contributed by atoms with Gasteiger partial charge >= 0.3 is 0 Å². The van der Waals surface area contributed by atoms with Gasteiger partial charge in [0.25, 0.3) is 0 Å². The van der Waals surface area contributed by atoms with Crippen LogP contribution in [-0.2, 0) is 11.3 Å². The molecule has 0 bridgehead atoms. The van der Waals surface area contributed by atoms with Gasteiger partial charge in [0.05, 0.1) is 0 Å². The number of hydrogen-bond acceptors (Lipinski definition) is 3. The second kappa shape index (κ2) is 7.41. The number of benzene rings is 1. The molecule has 1 saturated heterocycles. The molecule has 0 atom stereocenters. The molecule has 0 aromatic heterocycles. The molecule has 0 radical (unpaired) electrons. The summed E-state index contributed by atoms with van der Waals surface area (Å²) in [5.41, 5.74) is 1.97. The molecule has 5 heteroatoms. The number of carbonyl (C=O) groups is 1. The third kappa shape index (κ3) is 4.70. The summed E-state index contributed by atoms with van der Waals surface area (Å²) in [7, 11) is 0. The van der Waals surface area contributed by atoms with Gasteiger partial charge < -0.3 is 15.5 Å². The van der Waals surface area contributed by atoms with Crippen LogP contribution >= 0.6 is 0 Å². The predicted octanol–water partition coefficient (Wildman–Crippen LogP) is 1.90. The normalized spacial score (nSPS) is 16.0. The van der Waals surface area contributed by atoms with Gasteiger partial charge in [-0.2, -0.15) is 0 Å². The van der Waals surface area contributed by atoms with Crippen molar-refractivity contribution in [3.05, 3.63) is 29.6 Å². The van der Waals surface area contributed by atoms with Crippen LogP contribution in [0.4, 0.5) is 10.1 Å². The molecule has 0 unspecified atom stereocenters. The summed E-state index contributed by atoms with van der Waals surface area (Å²) in [6.07, 6.45) is 0.482. The molecule has 0 spiro atoms. The first-order valence-electron chi connectivity index (χ1n) is 7.57. The van der Waals surface area contributed by atoms with E-state index < -0.39 is 0 Å². The molecule has 1 aliphatic heterocycles. The lowest BCUT2D eigenvalue weighted by Gasteiger charge is -2.25. The van der Waals surface area contributed by atoms with Crippen molar-refractivity contribution in [1.82, 2.24) is 10.6 Å². The van der Waals surface area contributed by atoms with E-state index in [1.54, 1.807) is 6.07 Å². The third-order valence-corrected chi connectivity index (χ3v) is 3.56. The van der Waals surface area contributed by atoms with Gasteiger partial charge in [-0.15, -0.1) is 0 Å². The number of carbonyl (C=O) groups excluding carboxylic acids is 1. The lowest BCUT2D eigenvalue weighted by atomic mass is 10.1. The Morgan fingerprint density at radius 1 is 1.38 bits per heavy atom. The van der Waals surface area contributed by atoms with Crippen LogP contribution in [0.2, 0.25) is 0 Å². The Kier molecular flexibility index (Phi) is 5.56. The van der Waals surface area contributed by atoms with E-state index in [0.717, 1.165) is 24.3 Å². The molecule has 2 rings (SSSR count). The fourth-order valence-corrected chi connectivity index (χ4v) is 2.51. The molecule has 1 fully saturated rings. The second-order valence-corrected chi connectivity index (χ2v) is 5.88. The average Bonchev–Trinajstić information content (AvgIpc) is 2.63. The highest BCUT2D eigenvalue weighted by Gasteiger charge is 2.16. The summed E-state index contributed by atoms with van der Waals surface area (Å²) in [5, 5.41) is 6.22. The highest BCUT2D eigenvalue weighted by atomic mass is 19.1. The van der Waals surface area contributed by atoms with Crippen LogP contribution in [0.3, 0.4) is 0 Å². The minimum Gasteiger partial charge on any atom is -0.369 e. The van der Waals surface area contributed by atoms with Crippen LogP contribution in [0.25, 0.3) is 0 Å². The van der Waals surface area contributed by atoms with Gasteiger partial charge in [0.2, 0.25) is 5.91 Å². The lowest BCUT2D eigenvalue weighted by molar-refractivity contribution is -0.120. The molecular formula is C16H24FN3O. The lowest BCUT2D eigenvalue weighted by Crippen LogP contribution is -2.30. The first kappa shape index (κ1) is 15.8. The number of hydrogen-bond donors (Lipinski definition) is 2. The van der Waals surface area contributed by atoms with E-state index in [1.165, 1.54) is 6.07 Å². The molecule has 4 nitrogen and oxygen atoms in total. The molecule has 1 aliphatic rings. The zero-order chi connectivity index (χ0) is 15.2. The van der Waals surface area contributed by atoms with Gasteiger partial charge in [-0.05, 0) is 36.2 Å². The topological polar surface area (TPSA) is 44.4 Å². The molecular weight excluding hydrogens is 269 g/mol. The monoisotopic (exact) mass is 293 g/mol. The van der Waals surface area contributed by atoms with Crippen molar-refractivity contribution in [1.29, 1.82) is 0 Å². The van der Waals surface area contributed by atoms with Crippen LogP contribution in [0, 0.1) is 11.7 Å². The minimum atomic E-state index is -0.218. The zero-order valence-corrected chi connectivity index (χ0v) is 12.8. The van der Waals surface area contributed by atoms with Crippen molar-refractivity contribution < 1.29 is 9.18 Å². The molecule has 1 amide bonds. The minimum absolute atomic E-state index is 0.0825. The van der Waals surface area contributed by atoms with Gasteiger partial charge in [-0.3, -0.25) is 4.79 Å². The largest absolute Gasteiger partial charge is 0.369 e. The van der Waals surface area contributed by atoms with E-state index in [-0.39, 0.29) is 11.7 Å². The molecule has 1 aromatic rings. The first-order valence-corrected chi connectivity index (χ1v) is 7.57. The summed E-state index contributed by atoms with van der Waals surface area (Å²) in [6, 6.07) is 4.89. The fraction of sp³-hybridized carbons (Fsp3) is 0.562. The molecule has 2 N–H and O–H groups in total. The summed E-state index contributed by atoms with van der Waals surface area (Å²) in [5.74, 6) is 0.422. The van der Waals surface area contributed by atoms with E-state index in [9.17, 15) is 9.18 Å². The number of anilines is 1. The van der Waals surface area contributed by atoms with Gasteiger partial charge in [-0.25, -0.2) is 4.39 Å². The van der Waals surface area contributed by atoms with E-state index in [0.29, 0.717) is 32.0 Å². The van der Waals surface area contributed by atoms with E-state index in [2.05, 4.69) is 29.4 Å². The van der Waals surface area contributed by atoms with E-state index in [1.807, 2.05) is 6.07 Å². The summed E-state index contributed by atoms with van der Waals surface area (Å²) < 4.78 is 13.5. The number of amides is 1. The van der Waals surface area contributed by atoms with Gasteiger partial charge in [0, 0.05) is 38.3 Å². The van der Waals surface area contributed by atoms with Crippen molar-refractivity contribution in [3.8, 4) is 0 Å². The molecule has 1 heterocycles. The Morgan fingerprint density at radius 3 is 2.95 bits per heavy atom. The second-order valence-electron chi connectivity index (χ2n) is 5.88. The van der Waals surface area contributed by atoms with Gasteiger partial charge in [0.15, 0.2) is 0 Å². The Balaban J connectivity index is 2.11. The molecule has 116 valence electrons. The zero-order valence-electron chi connectivity index (χ0n) is 12.8. The van der Waals surface area contributed by atoms with Crippen molar-refractivity contribution in [3.63, 3.8) is 0 Å². The summed E-state index contributed by atoms with van der Waals surface area (Å²) in [6.45, 7) is 7.90. The van der Waals surface area contributed by atoms with Crippen molar-refractivity contribution in [2.24, 2.45) is 5.92 Å². The quantitative estimate of drug-likeness (QED) is 0.871. The SMILES string of the molecule is CC(C)CNCc1cc(F)ccc1N1CCNC(=O)CC1. The van der Waals surface area contributed by atoms with Crippen LogP contribution in [0.15, 0.2) is 18.2 Å². The number of nitrogens with zero attached hydrogens (tertiary/aromatic N) is 1. The van der Waals surface area contributed by atoms with Crippen molar-refractivity contribution in [2.75, 3.05) is 31.1 Å². The average molecular weight is 293 g/mol. The number of nitrogens with one attached hydrogen (secondary N) is 2. The Bertz CT molecular complexity index is 490. The molecule has 1 aromatic carbocycles. The van der Waals surface area contributed by atoms with Crippen molar-refractivity contribution >= 4 is 11.6 Å². The highest BCUT2D eigenvalue weighted by molar-refractivity contribution is 5.77. The number of rotatable bonds is 5. The summed E-state index contributed by atoms with van der Waals surface area (Å²) >= 11 is 0. The van der Waals surface area contributed by atoms with Crippen LogP contribution in [-0.4, -0.2) is 32.1 Å². The maximum Gasteiger partial charge on any atom is 0.221 e. The maximum atomic E-state index is 13.5. The fourth-order valence-electron chi connectivity index (χ4n) is 2.51. The van der Waals surface area contributed by atoms with Crippen LogP contribution in [0.1, 0.15) is 25.8 Å². The summed E-state index contributed by atoms with van der Waals surface area (Å²) in [4.78, 5) is 13.6. The van der Waals surface area contributed by atoms with Gasteiger partial charge in [0.1, 0.15) is 5.82 Å². The number of halogens is 1. The smallest absolute Gasteiger partial charge is 0.221 e. The van der Waals surface area contributed by atoms with E-state index >= 15 is 0 Å². The third-order valence-electron chi connectivity index (χ3n) is 3.56. The maximum absolute atomic E-state index is 13.5. The molecule has 21 heavy (non-hydrogen) atoms. The Morgan fingerprint density at radius 2 is 2.19 bits per heavy atom. The molecule has 0 saturated carbocycles. The van der Waals surface area contributed by atoms with Gasteiger partial charge in [-0.1, -0.05) is 13.8 Å². The van der Waals surface area contributed by atoms with Crippen molar-refractivity contribution in [2.45, 2.75) is 26.8 Å². The molecule has 0 aliphatic carbocycles. The highest BCUT2D eigenvalue weighted by Crippen LogP contribution is 2.22. The predicted molar refractivity (Wildman–Crippen MR) is 82.8 cm³/mol. The first-order chi connectivity index (χ1) is 10.1. The van der Waals surface area contributed by atoms with E-state index in [4.69, 9.17) is 0 Å². The Hall–Kier alpha value is -1.62. The van der Waals surface area contributed by atoms with Crippen LogP contribution in [0.5, 0.6) is 0 Å².